The highest BCUT2D eigenvalue weighted by Crippen LogP contribution is 2.34. The van der Waals surface area contributed by atoms with E-state index in [0.717, 1.165) is 0 Å². The van der Waals surface area contributed by atoms with Crippen molar-refractivity contribution in [3.8, 4) is 17.2 Å². The van der Waals surface area contributed by atoms with Crippen LogP contribution in [-0.4, -0.2) is 25.3 Å². The van der Waals surface area contributed by atoms with Crippen molar-refractivity contribution in [2.24, 2.45) is 5.92 Å². The Kier molecular flexibility index (Phi) is 4.14. The second kappa shape index (κ2) is 5.82. The Bertz CT molecular complexity index is 459. The molecule has 1 aromatic rings. The van der Waals surface area contributed by atoms with E-state index in [-0.39, 0.29) is 25.3 Å². The summed E-state index contributed by atoms with van der Waals surface area (Å²) < 4.78 is 15.9. The molecule has 104 valence electrons. The van der Waals surface area contributed by atoms with Gasteiger partial charge >= 0.3 is 0 Å². The number of hydrogen-bond donors (Lipinski definition) is 1. The predicted octanol–water partition coefficient (Wildman–Crippen LogP) is 1.95. The number of nitrogens with one attached hydrogen (secondary N) is 1. The molecular formula is C14H19NO4. The van der Waals surface area contributed by atoms with Crippen LogP contribution < -0.4 is 19.5 Å². The van der Waals surface area contributed by atoms with Crippen LogP contribution in [0.5, 0.6) is 17.2 Å². The Balaban J connectivity index is 1.84. The van der Waals surface area contributed by atoms with E-state index in [9.17, 15) is 4.79 Å². The zero-order chi connectivity index (χ0) is 13.8. The highest BCUT2D eigenvalue weighted by molar-refractivity contribution is 5.77. The fourth-order valence-corrected chi connectivity index (χ4v) is 1.58. The van der Waals surface area contributed by atoms with Gasteiger partial charge in [-0.3, -0.25) is 4.79 Å². The third-order valence-electron chi connectivity index (χ3n) is 3.10. The first-order chi connectivity index (χ1) is 9.06. The summed E-state index contributed by atoms with van der Waals surface area (Å²) in [7, 11) is 0. The number of benzene rings is 1. The molecule has 19 heavy (non-hydrogen) atoms. The molecule has 0 bridgehead atoms. The molecule has 5 heteroatoms. The van der Waals surface area contributed by atoms with Crippen LogP contribution in [0.2, 0.25) is 0 Å². The van der Waals surface area contributed by atoms with Gasteiger partial charge in [0.25, 0.3) is 5.91 Å². The fraction of sp³-hybridized carbons (Fsp3) is 0.500. The van der Waals surface area contributed by atoms with Crippen molar-refractivity contribution < 1.29 is 19.0 Å². The molecular weight excluding hydrogens is 246 g/mol. The van der Waals surface area contributed by atoms with Gasteiger partial charge in [-0.05, 0) is 25.0 Å². The SMILES string of the molecule is CC(C)[C@@H](C)NC(=O)COc1ccc2c(c1)OCO2. The van der Waals surface area contributed by atoms with Crippen LogP contribution >= 0.6 is 0 Å². The third kappa shape index (κ3) is 3.53. The average Bonchev–Trinajstić information content (AvgIpc) is 2.83. The molecule has 1 aliphatic rings. The fourth-order valence-electron chi connectivity index (χ4n) is 1.58. The van der Waals surface area contributed by atoms with E-state index < -0.39 is 0 Å². The molecule has 5 nitrogen and oxygen atoms in total. The molecule has 1 N–H and O–H groups in total. The number of amides is 1. The molecule has 0 spiro atoms. The summed E-state index contributed by atoms with van der Waals surface area (Å²) in [5.41, 5.74) is 0. The molecule has 0 aromatic heterocycles. The topological polar surface area (TPSA) is 56.8 Å². The molecule has 0 saturated heterocycles. The summed E-state index contributed by atoms with van der Waals surface area (Å²) in [4.78, 5) is 11.7. The molecule has 0 radical (unpaired) electrons. The second-order valence-corrected chi connectivity index (χ2v) is 4.90. The summed E-state index contributed by atoms with van der Waals surface area (Å²) in [6.45, 7) is 6.32. The van der Waals surface area contributed by atoms with Crippen LogP contribution in [-0.2, 0) is 4.79 Å². The Hall–Kier alpha value is -1.91. The van der Waals surface area contributed by atoms with Crippen molar-refractivity contribution in [2.75, 3.05) is 13.4 Å². The zero-order valence-electron chi connectivity index (χ0n) is 11.4. The molecule has 1 aromatic carbocycles. The van der Waals surface area contributed by atoms with Crippen LogP contribution in [0, 0.1) is 5.92 Å². The van der Waals surface area contributed by atoms with E-state index in [0.29, 0.717) is 23.2 Å². The van der Waals surface area contributed by atoms with Gasteiger partial charge in [-0.25, -0.2) is 0 Å². The molecule has 0 unspecified atom stereocenters. The molecule has 0 saturated carbocycles. The van der Waals surface area contributed by atoms with Gasteiger partial charge in [0, 0.05) is 12.1 Å². The van der Waals surface area contributed by atoms with Crippen molar-refractivity contribution in [1.82, 2.24) is 5.32 Å². The third-order valence-corrected chi connectivity index (χ3v) is 3.10. The van der Waals surface area contributed by atoms with E-state index in [1.165, 1.54) is 0 Å². The van der Waals surface area contributed by atoms with Gasteiger partial charge in [0.1, 0.15) is 5.75 Å². The van der Waals surface area contributed by atoms with E-state index in [1.54, 1.807) is 18.2 Å². The lowest BCUT2D eigenvalue weighted by Gasteiger charge is -2.17. The minimum Gasteiger partial charge on any atom is -0.484 e. The van der Waals surface area contributed by atoms with Crippen molar-refractivity contribution >= 4 is 5.91 Å². The average molecular weight is 265 g/mol. The summed E-state index contributed by atoms with van der Waals surface area (Å²) in [6, 6.07) is 5.38. The molecule has 0 aliphatic carbocycles. The molecule has 1 aliphatic heterocycles. The predicted molar refractivity (Wildman–Crippen MR) is 70.5 cm³/mol. The van der Waals surface area contributed by atoms with Gasteiger partial charge in [-0.1, -0.05) is 13.8 Å². The highest BCUT2D eigenvalue weighted by atomic mass is 16.7. The second-order valence-electron chi connectivity index (χ2n) is 4.90. The Labute approximate surface area is 112 Å². The van der Waals surface area contributed by atoms with Gasteiger partial charge < -0.3 is 19.5 Å². The maximum absolute atomic E-state index is 11.7. The highest BCUT2D eigenvalue weighted by Gasteiger charge is 2.15. The first-order valence-electron chi connectivity index (χ1n) is 6.38. The minimum atomic E-state index is -0.126. The van der Waals surface area contributed by atoms with Crippen LogP contribution in [0.3, 0.4) is 0 Å². The summed E-state index contributed by atoms with van der Waals surface area (Å²) in [5, 5.41) is 2.88. The Morgan fingerprint density at radius 2 is 2.05 bits per heavy atom. The molecule has 1 atom stereocenters. The van der Waals surface area contributed by atoms with Crippen LogP contribution in [0.1, 0.15) is 20.8 Å². The molecule has 1 heterocycles. The monoisotopic (exact) mass is 265 g/mol. The van der Waals surface area contributed by atoms with Gasteiger partial charge in [0.15, 0.2) is 18.1 Å². The lowest BCUT2D eigenvalue weighted by molar-refractivity contribution is -0.124. The van der Waals surface area contributed by atoms with Crippen LogP contribution in [0.15, 0.2) is 18.2 Å². The van der Waals surface area contributed by atoms with Gasteiger partial charge in [-0.15, -0.1) is 0 Å². The number of fused-ring (bicyclic) bond motifs is 1. The lowest BCUT2D eigenvalue weighted by atomic mass is 10.1. The Morgan fingerprint density at radius 1 is 1.32 bits per heavy atom. The van der Waals surface area contributed by atoms with Crippen LogP contribution in [0.4, 0.5) is 0 Å². The van der Waals surface area contributed by atoms with Crippen molar-refractivity contribution in [2.45, 2.75) is 26.8 Å². The molecule has 0 fully saturated rings. The minimum absolute atomic E-state index is 0.00327. The molecule has 1 amide bonds. The maximum atomic E-state index is 11.7. The lowest BCUT2D eigenvalue weighted by Crippen LogP contribution is -2.38. The van der Waals surface area contributed by atoms with Crippen molar-refractivity contribution in [3.05, 3.63) is 18.2 Å². The normalized spacial score (nSPS) is 14.3. The largest absolute Gasteiger partial charge is 0.484 e. The van der Waals surface area contributed by atoms with Gasteiger partial charge in [0.05, 0.1) is 0 Å². The number of ether oxygens (including phenoxy) is 3. The van der Waals surface area contributed by atoms with E-state index >= 15 is 0 Å². The van der Waals surface area contributed by atoms with E-state index in [2.05, 4.69) is 19.2 Å². The first kappa shape index (κ1) is 13.5. The quantitative estimate of drug-likeness (QED) is 0.884. The van der Waals surface area contributed by atoms with Crippen LogP contribution in [0.25, 0.3) is 0 Å². The number of carbonyl (C=O) groups excluding carboxylic acids is 1. The van der Waals surface area contributed by atoms with Crippen molar-refractivity contribution in [1.29, 1.82) is 0 Å². The molecule has 2 rings (SSSR count). The van der Waals surface area contributed by atoms with Gasteiger partial charge in [0.2, 0.25) is 6.79 Å². The van der Waals surface area contributed by atoms with Crippen molar-refractivity contribution in [3.63, 3.8) is 0 Å². The standard InChI is InChI=1S/C14H19NO4/c1-9(2)10(3)15-14(16)7-17-11-4-5-12-13(6-11)19-8-18-12/h4-6,9-10H,7-8H2,1-3H3,(H,15,16)/t10-/m1/s1. The number of carbonyl (C=O) groups is 1. The maximum Gasteiger partial charge on any atom is 0.258 e. The van der Waals surface area contributed by atoms with E-state index in [1.807, 2.05) is 6.92 Å². The van der Waals surface area contributed by atoms with E-state index in [4.69, 9.17) is 14.2 Å². The first-order valence-corrected chi connectivity index (χ1v) is 6.38. The summed E-state index contributed by atoms with van der Waals surface area (Å²) in [5.74, 6) is 2.21. The van der Waals surface area contributed by atoms with Gasteiger partial charge in [-0.2, -0.15) is 0 Å². The Morgan fingerprint density at radius 3 is 2.79 bits per heavy atom. The number of hydrogen-bond acceptors (Lipinski definition) is 4. The summed E-state index contributed by atoms with van der Waals surface area (Å²) >= 11 is 0. The number of rotatable bonds is 5. The zero-order valence-corrected chi connectivity index (χ0v) is 11.4. The summed E-state index contributed by atoms with van der Waals surface area (Å²) in [6.07, 6.45) is 0. The smallest absolute Gasteiger partial charge is 0.258 e.